The molecular formula is C24H29N3O4. The molecule has 7 heteroatoms. The molecule has 0 saturated carbocycles. The number of amides is 3. The van der Waals surface area contributed by atoms with Gasteiger partial charge >= 0.3 is 6.03 Å². The highest BCUT2D eigenvalue weighted by molar-refractivity contribution is 5.94. The lowest BCUT2D eigenvalue weighted by atomic mass is 10.1. The van der Waals surface area contributed by atoms with E-state index in [1.807, 2.05) is 62.4 Å². The second-order valence-corrected chi connectivity index (χ2v) is 8.12. The number of urea groups is 1. The molecule has 2 aliphatic rings. The molecule has 0 aromatic heterocycles. The van der Waals surface area contributed by atoms with Crippen LogP contribution in [0.15, 0.2) is 48.5 Å². The number of rotatable bonds is 4. The number of carbonyl (C=O) groups is 2. The smallest absolute Gasteiger partial charge is 0.322 e. The summed E-state index contributed by atoms with van der Waals surface area (Å²) in [6.45, 7) is 6.54. The number of carbonyl (C=O) groups excluding carboxylic acids is 2. The first-order chi connectivity index (χ1) is 15.0. The summed E-state index contributed by atoms with van der Waals surface area (Å²) in [4.78, 5) is 29.8. The van der Waals surface area contributed by atoms with E-state index >= 15 is 0 Å². The van der Waals surface area contributed by atoms with E-state index in [1.165, 1.54) is 0 Å². The Morgan fingerprint density at radius 3 is 2.48 bits per heavy atom. The minimum absolute atomic E-state index is 0.0438. The fourth-order valence-electron chi connectivity index (χ4n) is 4.04. The van der Waals surface area contributed by atoms with Crippen LogP contribution in [-0.4, -0.2) is 66.7 Å². The molecular weight excluding hydrogens is 394 g/mol. The SMILES string of the molecule is Cc1ccc(NC(=O)N2C[C@@H](Oc3ccccc3)C[C@H]2C(=O)N2CCOCC2)cc1C. The zero-order valence-electron chi connectivity index (χ0n) is 18.0. The fourth-order valence-corrected chi connectivity index (χ4v) is 4.04. The standard InChI is InChI=1S/C24H29N3O4/c1-17-8-9-19(14-18(17)2)25-24(29)27-16-21(31-20-6-4-3-5-7-20)15-22(27)23(28)26-10-12-30-13-11-26/h3-9,14,21-22H,10-13,15-16H2,1-2H3,(H,25,29)/t21-,22-/m0/s1. The van der Waals surface area contributed by atoms with Crippen LogP contribution in [0.2, 0.25) is 0 Å². The van der Waals surface area contributed by atoms with Crippen LogP contribution in [0, 0.1) is 13.8 Å². The van der Waals surface area contributed by atoms with Crippen LogP contribution >= 0.6 is 0 Å². The van der Waals surface area contributed by atoms with E-state index in [4.69, 9.17) is 9.47 Å². The lowest BCUT2D eigenvalue weighted by molar-refractivity contribution is -0.139. The van der Waals surface area contributed by atoms with Crippen molar-refractivity contribution in [3.63, 3.8) is 0 Å². The Labute approximate surface area is 182 Å². The number of benzene rings is 2. The van der Waals surface area contributed by atoms with Crippen molar-refractivity contribution in [3.8, 4) is 5.75 Å². The van der Waals surface area contributed by atoms with Crippen LogP contribution in [0.4, 0.5) is 10.5 Å². The highest BCUT2D eigenvalue weighted by atomic mass is 16.5. The third-order valence-corrected chi connectivity index (χ3v) is 5.94. The van der Waals surface area contributed by atoms with Crippen molar-refractivity contribution in [2.24, 2.45) is 0 Å². The summed E-state index contributed by atoms with van der Waals surface area (Å²) in [6.07, 6.45) is 0.216. The van der Waals surface area contributed by atoms with E-state index in [0.29, 0.717) is 39.3 Å². The summed E-state index contributed by atoms with van der Waals surface area (Å²) in [7, 11) is 0. The molecule has 0 aliphatic carbocycles. The Hall–Kier alpha value is -3.06. The van der Waals surface area contributed by atoms with E-state index < -0.39 is 6.04 Å². The maximum absolute atomic E-state index is 13.3. The van der Waals surface area contributed by atoms with Crippen LogP contribution in [0.1, 0.15) is 17.5 Å². The second-order valence-electron chi connectivity index (χ2n) is 8.12. The summed E-state index contributed by atoms with van der Waals surface area (Å²) < 4.78 is 11.5. The first kappa shape index (κ1) is 21.2. The monoisotopic (exact) mass is 423 g/mol. The summed E-state index contributed by atoms with van der Waals surface area (Å²) in [6, 6.07) is 14.5. The maximum Gasteiger partial charge on any atom is 0.322 e. The van der Waals surface area contributed by atoms with Gasteiger partial charge in [0.15, 0.2) is 0 Å². The molecule has 0 unspecified atom stereocenters. The minimum Gasteiger partial charge on any atom is -0.488 e. The number of hydrogen-bond acceptors (Lipinski definition) is 4. The number of morpholine rings is 1. The first-order valence-electron chi connectivity index (χ1n) is 10.7. The third-order valence-electron chi connectivity index (χ3n) is 5.94. The number of para-hydroxylation sites is 1. The molecule has 2 aromatic carbocycles. The Morgan fingerprint density at radius 1 is 1.03 bits per heavy atom. The van der Waals surface area contributed by atoms with Gasteiger partial charge in [-0.15, -0.1) is 0 Å². The highest BCUT2D eigenvalue weighted by Gasteiger charge is 2.42. The largest absolute Gasteiger partial charge is 0.488 e. The first-order valence-corrected chi connectivity index (χ1v) is 10.7. The van der Waals surface area contributed by atoms with Gasteiger partial charge in [-0.2, -0.15) is 0 Å². The van der Waals surface area contributed by atoms with Gasteiger partial charge in [-0.1, -0.05) is 24.3 Å². The normalized spacial score (nSPS) is 21.1. The van der Waals surface area contributed by atoms with E-state index in [1.54, 1.807) is 9.80 Å². The molecule has 2 aromatic rings. The Morgan fingerprint density at radius 2 is 1.77 bits per heavy atom. The van der Waals surface area contributed by atoms with Crippen LogP contribution in [-0.2, 0) is 9.53 Å². The van der Waals surface area contributed by atoms with Gasteiger partial charge in [0.05, 0.1) is 19.8 Å². The molecule has 0 radical (unpaired) electrons. The van der Waals surface area contributed by atoms with Gasteiger partial charge < -0.3 is 24.6 Å². The van der Waals surface area contributed by atoms with Crippen LogP contribution in [0.3, 0.4) is 0 Å². The third kappa shape index (κ3) is 4.99. The molecule has 2 aliphatic heterocycles. The Bertz CT molecular complexity index is 928. The van der Waals surface area contributed by atoms with Crippen molar-refractivity contribution in [1.29, 1.82) is 0 Å². The minimum atomic E-state index is -0.557. The molecule has 2 fully saturated rings. The zero-order chi connectivity index (χ0) is 21.8. The predicted molar refractivity (Wildman–Crippen MR) is 118 cm³/mol. The molecule has 0 spiro atoms. The highest BCUT2D eigenvalue weighted by Crippen LogP contribution is 2.26. The quantitative estimate of drug-likeness (QED) is 0.820. The van der Waals surface area contributed by atoms with Crippen molar-refractivity contribution >= 4 is 17.6 Å². The van der Waals surface area contributed by atoms with Crippen LogP contribution < -0.4 is 10.1 Å². The lowest BCUT2D eigenvalue weighted by Gasteiger charge is -2.32. The van der Waals surface area contributed by atoms with Gasteiger partial charge in [-0.3, -0.25) is 4.79 Å². The molecule has 4 rings (SSSR count). The molecule has 31 heavy (non-hydrogen) atoms. The molecule has 3 amide bonds. The Kier molecular flexibility index (Phi) is 6.42. The molecule has 1 N–H and O–H groups in total. The van der Waals surface area contributed by atoms with E-state index in [9.17, 15) is 9.59 Å². The average Bonchev–Trinajstić information content (AvgIpc) is 3.21. The van der Waals surface area contributed by atoms with Gasteiger partial charge in [0.1, 0.15) is 17.9 Å². The zero-order valence-corrected chi connectivity index (χ0v) is 18.0. The lowest BCUT2D eigenvalue weighted by Crippen LogP contribution is -2.51. The molecule has 2 atom stereocenters. The predicted octanol–water partition coefficient (Wildman–Crippen LogP) is 3.22. The van der Waals surface area contributed by atoms with Crippen LogP contribution in [0.25, 0.3) is 0 Å². The molecule has 0 bridgehead atoms. The van der Waals surface area contributed by atoms with Crippen LogP contribution in [0.5, 0.6) is 5.75 Å². The topological polar surface area (TPSA) is 71.1 Å². The number of likely N-dealkylation sites (tertiary alicyclic amines) is 1. The maximum atomic E-state index is 13.3. The van der Waals surface area contributed by atoms with Gasteiger partial charge in [0, 0.05) is 25.2 Å². The number of anilines is 1. The van der Waals surface area contributed by atoms with Gasteiger partial charge in [-0.05, 0) is 49.2 Å². The molecule has 2 heterocycles. The average molecular weight is 424 g/mol. The number of ether oxygens (including phenoxy) is 2. The number of aryl methyl sites for hydroxylation is 2. The van der Waals surface area contributed by atoms with Crippen molar-refractivity contribution in [3.05, 3.63) is 59.7 Å². The summed E-state index contributed by atoms with van der Waals surface area (Å²) in [5, 5.41) is 2.96. The number of nitrogens with zero attached hydrogens (tertiary/aromatic N) is 2. The van der Waals surface area contributed by atoms with Crippen molar-refractivity contribution in [2.75, 3.05) is 38.2 Å². The van der Waals surface area contributed by atoms with Crippen molar-refractivity contribution in [1.82, 2.24) is 9.80 Å². The number of hydrogen-bond donors (Lipinski definition) is 1. The molecule has 2 saturated heterocycles. The summed E-state index contributed by atoms with van der Waals surface area (Å²) in [5.41, 5.74) is 2.99. The van der Waals surface area contributed by atoms with Crippen molar-refractivity contribution < 1.29 is 19.1 Å². The van der Waals surface area contributed by atoms with E-state index in [-0.39, 0.29) is 18.0 Å². The number of nitrogens with one attached hydrogen (secondary N) is 1. The van der Waals surface area contributed by atoms with Gasteiger partial charge in [0.25, 0.3) is 0 Å². The molecule has 7 nitrogen and oxygen atoms in total. The molecule has 164 valence electrons. The fraction of sp³-hybridized carbons (Fsp3) is 0.417. The summed E-state index contributed by atoms with van der Waals surface area (Å²) in [5.74, 6) is 0.694. The van der Waals surface area contributed by atoms with Crippen molar-refractivity contribution in [2.45, 2.75) is 32.4 Å². The van der Waals surface area contributed by atoms with E-state index in [2.05, 4.69) is 5.32 Å². The summed E-state index contributed by atoms with van der Waals surface area (Å²) >= 11 is 0. The van der Waals surface area contributed by atoms with Gasteiger partial charge in [-0.25, -0.2) is 4.79 Å². The van der Waals surface area contributed by atoms with E-state index in [0.717, 1.165) is 22.6 Å². The Balaban J connectivity index is 1.51. The van der Waals surface area contributed by atoms with Gasteiger partial charge in [0.2, 0.25) is 5.91 Å². The second kappa shape index (κ2) is 9.39.